The Morgan fingerprint density at radius 2 is 2.27 bits per heavy atom. The van der Waals surface area contributed by atoms with Gasteiger partial charge in [-0.05, 0) is 6.07 Å². The van der Waals surface area contributed by atoms with Crippen LogP contribution < -0.4 is 0 Å². The normalized spacial score (nSPS) is 8.27. The van der Waals surface area contributed by atoms with E-state index in [1.807, 2.05) is 6.07 Å². The molecule has 52 valence electrons. The molecule has 0 fully saturated rings. The fourth-order valence-electron chi connectivity index (χ4n) is 0.668. The minimum absolute atomic E-state index is 0.347. The molecule has 0 aliphatic heterocycles. The van der Waals surface area contributed by atoms with Gasteiger partial charge in [0.25, 0.3) is 0 Å². The number of nitriles is 1. The van der Waals surface area contributed by atoms with Gasteiger partial charge in [-0.15, -0.1) is 0 Å². The Morgan fingerprint density at radius 1 is 1.55 bits per heavy atom. The van der Waals surface area contributed by atoms with Crippen LogP contribution in [0.4, 0.5) is 5.69 Å². The van der Waals surface area contributed by atoms with Gasteiger partial charge in [-0.1, -0.05) is 23.7 Å². The highest BCUT2D eigenvalue weighted by Crippen LogP contribution is 2.21. The Labute approximate surface area is 69.5 Å². The molecule has 1 aromatic carbocycles. The van der Waals surface area contributed by atoms with Crippen LogP contribution in [0, 0.1) is 17.9 Å². The third-order valence-corrected chi connectivity index (χ3v) is 1.53. The quantitative estimate of drug-likeness (QED) is 0.539. The third-order valence-electron chi connectivity index (χ3n) is 1.20. The average molecular weight is 163 g/mol. The van der Waals surface area contributed by atoms with Crippen molar-refractivity contribution in [3.8, 4) is 6.07 Å². The van der Waals surface area contributed by atoms with E-state index in [2.05, 4.69) is 4.85 Å². The van der Waals surface area contributed by atoms with Crippen LogP contribution in [0.5, 0.6) is 0 Å². The lowest BCUT2D eigenvalue weighted by Crippen LogP contribution is -1.73. The zero-order valence-electron chi connectivity index (χ0n) is 5.50. The first-order valence-corrected chi connectivity index (χ1v) is 3.23. The molecule has 11 heavy (non-hydrogen) atoms. The van der Waals surface area contributed by atoms with Gasteiger partial charge in [0.1, 0.15) is 0 Å². The summed E-state index contributed by atoms with van der Waals surface area (Å²) in [5.41, 5.74) is 0.783. The van der Waals surface area contributed by atoms with E-state index in [9.17, 15) is 0 Å². The summed E-state index contributed by atoms with van der Waals surface area (Å²) < 4.78 is 0. The second kappa shape index (κ2) is 3.05. The minimum Gasteiger partial charge on any atom is -0.238 e. The molecule has 0 saturated carbocycles. The Bertz CT molecular complexity index is 357. The lowest BCUT2D eigenvalue weighted by Gasteiger charge is -1.92. The number of nitrogens with zero attached hydrogens (tertiary/aromatic N) is 2. The molecule has 0 radical (unpaired) electrons. The molecule has 2 nitrogen and oxygen atoms in total. The van der Waals surface area contributed by atoms with Crippen molar-refractivity contribution >= 4 is 17.3 Å². The van der Waals surface area contributed by atoms with Gasteiger partial charge < -0.3 is 0 Å². The summed E-state index contributed by atoms with van der Waals surface area (Å²) >= 11 is 5.63. The molecule has 0 heterocycles. The molecule has 0 spiro atoms. The topological polar surface area (TPSA) is 28.1 Å². The molecular weight excluding hydrogens is 160 g/mol. The molecule has 1 aromatic rings. The highest BCUT2D eigenvalue weighted by atomic mass is 35.5. The first-order valence-electron chi connectivity index (χ1n) is 2.85. The molecule has 0 N–H and O–H groups in total. The number of rotatable bonds is 0. The van der Waals surface area contributed by atoms with Crippen molar-refractivity contribution in [2.45, 2.75) is 0 Å². The summed E-state index contributed by atoms with van der Waals surface area (Å²) in [5, 5.41) is 8.89. The molecule has 0 unspecified atom stereocenters. The summed E-state index contributed by atoms with van der Waals surface area (Å²) in [6, 6.07) is 6.49. The van der Waals surface area contributed by atoms with Crippen LogP contribution in [0.3, 0.4) is 0 Å². The van der Waals surface area contributed by atoms with E-state index in [4.69, 9.17) is 23.4 Å². The minimum atomic E-state index is 0.347. The highest BCUT2D eigenvalue weighted by Gasteiger charge is 1.98. The lowest BCUT2D eigenvalue weighted by atomic mass is 10.2. The first-order chi connectivity index (χ1) is 5.27. The van der Waals surface area contributed by atoms with Crippen molar-refractivity contribution in [2.24, 2.45) is 0 Å². The fraction of sp³-hybridized carbons (Fsp3) is 0. The predicted octanol–water partition coefficient (Wildman–Crippen LogP) is 2.76. The van der Waals surface area contributed by atoms with Gasteiger partial charge in [-0.25, -0.2) is 4.85 Å². The summed E-state index contributed by atoms with van der Waals surface area (Å²) in [5.74, 6) is 0. The Hall–Kier alpha value is -1.51. The van der Waals surface area contributed by atoms with E-state index in [0.717, 1.165) is 0 Å². The van der Waals surface area contributed by atoms with Crippen molar-refractivity contribution in [3.05, 3.63) is 40.2 Å². The molecule has 0 amide bonds. The smallest absolute Gasteiger partial charge is 0.188 e. The van der Waals surface area contributed by atoms with Crippen LogP contribution in [0.2, 0.25) is 5.02 Å². The molecule has 3 heteroatoms. The zero-order chi connectivity index (χ0) is 8.27. The molecule has 0 aromatic heterocycles. The summed E-state index contributed by atoms with van der Waals surface area (Å²) in [6.07, 6.45) is 0. The van der Waals surface area contributed by atoms with Crippen LogP contribution in [-0.4, -0.2) is 0 Å². The van der Waals surface area contributed by atoms with Crippen LogP contribution in [0.1, 0.15) is 5.56 Å². The highest BCUT2D eigenvalue weighted by molar-refractivity contribution is 6.31. The van der Waals surface area contributed by atoms with Crippen LogP contribution in [-0.2, 0) is 0 Å². The third kappa shape index (κ3) is 1.49. The molecule has 0 aliphatic carbocycles. The van der Waals surface area contributed by atoms with E-state index in [1.54, 1.807) is 12.1 Å². The Balaban J connectivity index is 3.29. The first kappa shape index (κ1) is 7.60. The second-order valence-corrected chi connectivity index (χ2v) is 2.29. The van der Waals surface area contributed by atoms with Gasteiger partial charge in [0.15, 0.2) is 5.69 Å². The van der Waals surface area contributed by atoms with Crippen molar-refractivity contribution < 1.29 is 0 Å². The monoisotopic (exact) mass is 162 g/mol. The summed E-state index contributed by atoms with van der Waals surface area (Å²) in [7, 11) is 0. The van der Waals surface area contributed by atoms with E-state index < -0.39 is 0 Å². The molecule has 0 bridgehead atoms. The second-order valence-electron chi connectivity index (χ2n) is 1.89. The summed E-state index contributed by atoms with van der Waals surface area (Å²) in [4.78, 5) is 3.16. The molecule has 0 atom stereocenters. The number of hydrogen-bond donors (Lipinski definition) is 0. The molecular formula is C8H3ClN2. The maximum absolute atomic E-state index is 8.50. The van der Waals surface area contributed by atoms with Crippen molar-refractivity contribution in [1.82, 2.24) is 0 Å². The Kier molecular flexibility index (Phi) is 2.11. The predicted molar refractivity (Wildman–Crippen MR) is 42.4 cm³/mol. The maximum atomic E-state index is 8.50. The average Bonchev–Trinajstić information content (AvgIpc) is 2.05. The molecule has 1 rings (SSSR count). The van der Waals surface area contributed by atoms with Gasteiger partial charge in [0.2, 0.25) is 0 Å². The fourth-order valence-corrected chi connectivity index (χ4v) is 0.828. The van der Waals surface area contributed by atoms with Gasteiger partial charge >= 0.3 is 0 Å². The van der Waals surface area contributed by atoms with Crippen molar-refractivity contribution in [2.75, 3.05) is 0 Å². The van der Waals surface area contributed by atoms with Gasteiger partial charge in [0, 0.05) is 0 Å². The molecule has 0 saturated heterocycles. The number of halogens is 1. The van der Waals surface area contributed by atoms with Crippen LogP contribution in [0.25, 0.3) is 4.85 Å². The van der Waals surface area contributed by atoms with E-state index in [-0.39, 0.29) is 0 Å². The molecule has 0 aliphatic rings. The van der Waals surface area contributed by atoms with Gasteiger partial charge in [-0.2, -0.15) is 5.26 Å². The lowest BCUT2D eigenvalue weighted by molar-refractivity contribution is 1.49. The van der Waals surface area contributed by atoms with Crippen LogP contribution >= 0.6 is 11.6 Å². The maximum Gasteiger partial charge on any atom is 0.188 e. The van der Waals surface area contributed by atoms with Crippen LogP contribution in [0.15, 0.2) is 18.2 Å². The van der Waals surface area contributed by atoms with E-state index in [1.165, 1.54) is 6.07 Å². The summed E-state index contributed by atoms with van der Waals surface area (Å²) in [6.45, 7) is 6.66. The standard InChI is InChI=1S/C8H3ClN2/c1-11-7-2-3-8(9)6(4-7)5-10/h2-4H. The van der Waals surface area contributed by atoms with E-state index in [0.29, 0.717) is 16.3 Å². The number of hydrogen-bond acceptors (Lipinski definition) is 1. The van der Waals surface area contributed by atoms with Crippen molar-refractivity contribution in [3.63, 3.8) is 0 Å². The zero-order valence-corrected chi connectivity index (χ0v) is 6.26. The number of benzene rings is 1. The van der Waals surface area contributed by atoms with E-state index >= 15 is 0 Å². The largest absolute Gasteiger partial charge is 0.238 e. The van der Waals surface area contributed by atoms with Crippen molar-refractivity contribution in [1.29, 1.82) is 5.26 Å². The SMILES string of the molecule is [C-]#[N+]c1ccc(Cl)c(C#N)c1. The van der Waals surface area contributed by atoms with Gasteiger partial charge in [-0.3, -0.25) is 0 Å². The Morgan fingerprint density at radius 3 is 2.82 bits per heavy atom. The van der Waals surface area contributed by atoms with Gasteiger partial charge in [0.05, 0.1) is 23.2 Å².